The van der Waals surface area contributed by atoms with Crippen molar-refractivity contribution >= 4 is 23.4 Å². The molecule has 3 aromatic carbocycles. The highest BCUT2D eigenvalue weighted by Gasteiger charge is 2.56. The van der Waals surface area contributed by atoms with E-state index in [1.54, 1.807) is 12.1 Å². The Balaban J connectivity index is 1.40. The van der Waals surface area contributed by atoms with E-state index >= 15 is 0 Å². The summed E-state index contributed by atoms with van der Waals surface area (Å²) >= 11 is 0. The van der Waals surface area contributed by atoms with Gasteiger partial charge in [0.2, 0.25) is 0 Å². The number of hydrogen-bond acceptors (Lipinski definition) is 6. The molecule has 238 valence electrons. The van der Waals surface area contributed by atoms with Gasteiger partial charge in [0.25, 0.3) is 0 Å². The number of carbonyl (C=O) groups excluding carboxylic acids is 1. The number of anilines is 2. The number of unbranched alkanes of at least 4 members (excludes halogenated alkanes) is 1. The number of carbonyl (C=O) groups is 1. The number of alkyl halides is 7. The van der Waals surface area contributed by atoms with Crippen molar-refractivity contribution in [1.82, 2.24) is 0 Å². The lowest BCUT2D eigenvalue weighted by molar-refractivity contribution is -0.284. The minimum atomic E-state index is -5.65. The van der Waals surface area contributed by atoms with Crippen LogP contribution in [-0.2, 0) is 22.1 Å². The van der Waals surface area contributed by atoms with Gasteiger partial charge < -0.3 is 25.7 Å². The van der Waals surface area contributed by atoms with Crippen LogP contribution in [0.5, 0.6) is 11.5 Å². The topological polar surface area (TPSA) is 96.8 Å². The molecule has 0 aliphatic rings. The summed E-state index contributed by atoms with van der Waals surface area (Å²) in [6.07, 6.45) is -6.68. The summed E-state index contributed by atoms with van der Waals surface area (Å²) in [6.45, 7) is -0.244. The van der Waals surface area contributed by atoms with Gasteiger partial charge in [0, 0.05) is 23.9 Å². The third-order valence-corrected chi connectivity index (χ3v) is 6.30. The molecule has 0 spiro atoms. The van der Waals surface area contributed by atoms with E-state index in [9.17, 15) is 35.5 Å². The molecule has 0 amide bonds. The fourth-order valence-electron chi connectivity index (χ4n) is 3.87. The van der Waals surface area contributed by atoms with E-state index in [0.29, 0.717) is 23.4 Å². The van der Waals surface area contributed by atoms with Gasteiger partial charge in [0.1, 0.15) is 11.5 Å². The van der Waals surface area contributed by atoms with Crippen LogP contribution in [0.4, 0.5) is 42.1 Å². The quantitative estimate of drug-likeness (QED) is 0.0584. The first-order valence-electron chi connectivity index (χ1n) is 13.5. The molecule has 0 fully saturated rings. The third-order valence-electron chi connectivity index (χ3n) is 6.30. The van der Waals surface area contributed by atoms with Crippen LogP contribution in [0.2, 0.25) is 0 Å². The van der Waals surface area contributed by atoms with Crippen molar-refractivity contribution in [2.75, 3.05) is 24.7 Å². The minimum absolute atomic E-state index is 0.0119. The van der Waals surface area contributed by atoms with Crippen molar-refractivity contribution in [3.05, 3.63) is 89.5 Å². The number of halogens is 7. The van der Waals surface area contributed by atoms with Gasteiger partial charge in [0.05, 0.1) is 18.8 Å². The molecule has 0 aliphatic carbocycles. The largest absolute Gasteiger partial charge is 0.494 e. The molecule has 13 heteroatoms. The number of nitrogens with two attached hydrogens (primary N) is 2. The predicted octanol–water partition coefficient (Wildman–Crippen LogP) is 7.92. The van der Waals surface area contributed by atoms with Crippen LogP contribution in [0, 0.1) is 0 Å². The van der Waals surface area contributed by atoms with Crippen LogP contribution in [0.15, 0.2) is 72.8 Å². The highest BCUT2D eigenvalue weighted by molar-refractivity contribution is 5.87. The molecular formula is C31H31F7N2O4. The molecule has 0 heterocycles. The van der Waals surface area contributed by atoms with E-state index < -0.39 is 49.2 Å². The number of nitrogen functional groups attached to an aromatic ring is 2. The molecule has 4 N–H and O–H groups in total. The molecule has 0 bridgehead atoms. The number of ether oxygens (including phenoxy) is 3. The average molecular weight is 629 g/mol. The monoisotopic (exact) mass is 628 g/mol. The fraction of sp³-hybridized carbons (Fsp3) is 0.323. The fourth-order valence-corrected chi connectivity index (χ4v) is 3.87. The van der Waals surface area contributed by atoms with Gasteiger partial charge in [-0.05, 0) is 91.4 Å². The molecular weight excluding hydrogens is 597 g/mol. The Bertz CT molecular complexity index is 1390. The van der Waals surface area contributed by atoms with Crippen LogP contribution >= 0.6 is 0 Å². The molecule has 0 aliphatic heterocycles. The molecule has 0 radical (unpaired) electrons. The van der Waals surface area contributed by atoms with Gasteiger partial charge in [-0.3, -0.25) is 0 Å². The Morgan fingerprint density at radius 3 is 2.07 bits per heavy atom. The van der Waals surface area contributed by atoms with E-state index in [1.807, 2.05) is 6.07 Å². The van der Waals surface area contributed by atoms with Crippen LogP contribution in [0.25, 0.3) is 6.08 Å². The Morgan fingerprint density at radius 1 is 0.773 bits per heavy atom. The number of benzene rings is 3. The van der Waals surface area contributed by atoms with Crippen molar-refractivity contribution in [2.45, 2.75) is 50.3 Å². The van der Waals surface area contributed by atoms with E-state index in [4.69, 9.17) is 25.7 Å². The van der Waals surface area contributed by atoms with Crippen LogP contribution in [0.1, 0.15) is 42.4 Å². The Labute approximate surface area is 249 Å². The number of aryl methyl sites for hydroxylation is 1. The molecule has 0 atom stereocenters. The molecule has 0 aromatic heterocycles. The highest BCUT2D eigenvalue weighted by atomic mass is 19.4. The Kier molecular flexibility index (Phi) is 11.5. The molecule has 3 rings (SSSR count). The first-order valence-corrected chi connectivity index (χ1v) is 13.5. The van der Waals surface area contributed by atoms with Gasteiger partial charge >= 0.3 is 24.2 Å². The number of hydrogen-bond donors (Lipinski definition) is 2. The van der Waals surface area contributed by atoms with Crippen molar-refractivity contribution in [1.29, 1.82) is 0 Å². The number of rotatable bonds is 15. The van der Waals surface area contributed by atoms with E-state index in [0.717, 1.165) is 42.7 Å². The summed E-state index contributed by atoms with van der Waals surface area (Å²) in [5.74, 6) is -5.55. The maximum absolute atomic E-state index is 14.6. The highest BCUT2D eigenvalue weighted by Crippen LogP contribution is 2.39. The molecule has 44 heavy (non-hydrogen) atoms. The lowest BCUT2D eigenvalue weighted by Crippen LogP contribution is -2.36. The summed E-state index contributed by atoms with van der Waals surface area (Å²) in [5.41, 5.74) is 13.8. The maximum atomic E-state index is 14.6. The minimum Gasteiger partial charge on any atom is -0.494 e. The Hall–Kier alpha value is -4.42. The molecule has 0 unspecified atom stereocenters. The van der Waals surface area contributed by atoms with Gasteiger partial charge in [0.15, 0.2) is 0 Å². The lowest BCUT2D eigenvalue weighted by Gasteiger charge is -2.20. The van der Waals surface area contributed by atoms with E-state index in [1.165, 1.54) is 36.4 Å². The molecule has 3 aromatic rings. The van der Waals surface area contributed by atoms with Crippen molar-refractivity contribution in [2.24, 2.45) is 0 Å². The molecule has 0 saturated carbocycles. The van der Waals surface area contributed by atoms with Gasteiger partial charge in [-0.15, -0.1) is 0 Å². The van der Waals surface area contributed by atoms with Crippen LogP contribution < -0.4 is 20.9 Å². The summed E-state index contributed by atoms with van der Waals surface area (Å²) in [7, 11) is 0. The second-order valence-electron chi connectivity index (χ2n) is 9.78. The third kappa shape index (κ3) is 10.4. The first kappa shape index (κ1) is 34.1. The zero-order chi connectivity index (χ0) is 32.4. The van der Waals surface area contributed by atoms with Crippen molar-refractivity contribution in [3.8, 4) is 11.5 Å². The SMILES string of the molecule is Nc1ccc(CCCCOC(=O)/C=C/c2ccc(OC(F)(F)c3ccc(OCCCC(F)(F)C(F)(F)F)cc3)cc2)c(N)c1. The second-order valence-corrected chi connectivity index (χ2v) is 9.78. The first-order chi connectivity index (χ1) is 20.7. The summed E-state index contributed by atoms with van der Waals surface area (Å²) in [4.78, 5) is 12.0. The van der Waals surface area contributed by atoms with Gasteiger partial charge in [-0.25, -0.2) is 4.79 Å². The van der Waals surface area contributed by atoms with Crippen molar-refractivity contribution < 1.29 is 49.7 Å². The zero-order valence-electron chi connectivity index (χ0n) is 23.4. The van der Waals surface area contributed by atoms with Gasteiger partial charge in [-0.1, -0.05) is 18.2 Å². The zero-order valence-corrected chi connectivity index (χ0v) is 23.4. The molecule has 0 saturated heterocycles. The van der Waals surface area contributed by atoms with E-state index in [2.05, 4.69) is 0 Å². The smallest absolute Gasteiger partial charge is 0.453 e. The predicted molar refractivity (Wildman–Crippen MR) is 151 cm³/mol. The summed E-state index contributed by atoms with van der Waals surface area (Å²) in [5, 5.41) is 0. The standard InChI is InChI=1S/C31H31F7N2O4/c32-29(33,31(36,37)38)17-3-19-42-25-14-9-23(10-15-25)30(34,35)44-26-12-5-21(6-13-26)7-16-28(41)43-18-2-1-4-22-8-11-24(39)20-27(22)40/h5-16,20H,1-4,17-19,39-40H2/b16-7+. The summed E-state index contributed by atoms with van der Waals surface area (Å²) in [6, 6.07) is 15.0. The normalized spacial score (nSPS) is 12.3. The Morgan fingerprint density at radius 2 is 1.43 bits per heavy atom. The van der Waals surface area contributed by atoms with Crippen molar-refractivity contribution in [3.63, 3.8) is 0 Å². The lowest BCUT2D eigenvalue weighted by atomic mass is 10.1. The number of esters is 1. The van der Waals surface area contributed by atoms with E-state index in [-0.39, 0.29) is 18.1 Å². The summed E-state index contributed by atoms with van der Waals surface area (Å²) < 4.78 is 107. The van der Waals surface area contributed by atoms with Gasteiger partial charge in [-0.2, -0.15) is 30.7 Å². The second kappa shape index (κ2) is 14.8. The molecule has 6 nitrogen and oxygen atoms in total. The maximum Gasteiger partial charge on any atom is 0.453 e. The van der Waals surface area contributed by atoms with Crippen LogP contribution in [-0.4, -0.2) is 31.3 Å². The average Bonchev–Trinajstić information content (AvgIpc) is 2.95. The van der Waals surface area contributed by atoms with Crippen LogP contribution in [0.3, 0.4) is 0 Å².